The topological polar surface area (TPSA) is 113 Å². The van der Waals surface area contributed by atoms with Gasteiger partial charge in [-0.25, -0.2) is 0 Å². The molecule has 0 bridgehead atoms. The number of hydrogen-bond donors (Lipinski definition) is 3. The minimum Gasteiger partial charge on any atom is -0.480 e. The van der Waals surface area contributed by atoms with Crippen molar-refractivity contribution in [2.75, 3.05) is 11.9 Å². The maximum absolute atomic E-state index is 12.2. The molecular weight excluding hydrogens is 324 g/mol. The van der Waals surface area contributed by atoms with Crippen LogP contribution in [-0.4, -0.2) is 39.2 Å². The molecule has 1 aromatic carbocycles. The van der Waals surface area contributed by atoms with E-state index in [0.717, 1.165) is 17.0 Å². The van der Waals surface area contributed by atoms with Crippen LogP contribution in [0.1, 0.15) is 27.3 Å². The van der Waals surface area contributed by atoms with Crippen LogP contribution in [0.15, 0.2) is 24.3 Å². The zero-order chi connectivity index (χ0) is 18.6. The van der Waals surface area contributed by atoms with Crippen molar-refractivity contribution in [3.8, 4) is 0 Å². The average molecular weight is 344 g/mol. The summed E-state index contributed by atoms with van der Waals surface area (Å²) in [5.41, 5.74) is 3.53. The van der Waals surface area contributed by atoms with Gasteiger partial charge in [-0.2, -0.15) is 5.10 Å². The number of amides is 2. The number of carboxylic acid groups (broad SMARTS) is 1. The first-order chi connectivity index (χ1) is 11.8. The van der Waals surface area contributed by atoms with Gasteiger partial charge in [0, 0.05) is 29.6 Å². The minimum absolute atomic E-state index is 0.178. The fourth-order valence-corrected chi connectivity index (χ4v) is 2.40. The number of carbonyl (C=O) groups is 3. The number of nitrogens with one attached hydrogen (secondary N) is 2. The van der Waals surface area contributed by atoms with Gasteiger partial charge >= 0.3 is 5.97 Å². The molecule has 0 saturated carbocycles. The molecule has 25 heavy (non-hydrogen) atoms. The molecule has 2 amide bonds. The lowest BCUT2D eigenvalue weighted by Gasteiger charge is -2.07. The van der Waals surface area contributed by atoms with Crippen molar-refractivity contribution < 1.29 is 19.5 Å². The predicted octanol–water partition coefficient (Wildman–Crippen LogP) is 1.03. The second-order valence-corrected chi connectivity index (χ2v) is 5.65. The van der Waals surface area contributed by atoms with Crippen molar-refractivity contribution in [3.63, 3.8) is 0 Å². The summed E-state index contributed by atoms with van der Waals surface area (Å²) in [5.74, 6) is -1.78. The van der Waals surface area contributed by atoms with Crippen LogP contribution in [0.4, 0.5) is 5.69 Å². The Bertz CT molecular complexity index is 809. The molecule has 1 aromatic heterocycles. The summed E-state index contributed by atoms with van der Waals surface area (Å²) in [5, 5.41) is 17.9. The van der Waals surface area contributed by atoms with Crippen molar-refractivity contribution in [2.24, 2.45) is 7.05 Å². The highest BCUT2D eigenvalue weighted by atomic mass is 16.4. The van der Waals surface area contributed by atoms with Crippen molar-refractivity contribution >= 4 is 23.5 Å². The number of benzene rings is 1. The Kier molecular flexibility index (Phi) is 5.53. The molecule has 2 rings (SSSR count). The van der Waals surface area contributed by atoms with Crippen LogP contribution in [-0.2, 0) is 23.1 Å². The SMILES string of the molecule is Cc1nn(C)c(C)c1CC(=O)Nc1ccc(C(=O)NCC(=O)O)cc1. The molecule has 0 aliphatic heterocycles. The normalized spacial score (nSPS) is 10.4. The third-order valence-corrected chi connectivity index (χ3v) is 3.83. The summed E-state index contributed by atoms with van der Waals surface area (Å²) in [6, 6.07) is 6.23. The molecule has 0 fully saturated rings. The zero-order valence-corrected chi connectivity index (χ0v) is 14.3. The molecule has 3 N–H and O–H groups in total. The van der Waals surface area contributed by atoms with E-state index in [9.17, 15) is 14.4 Å². The van der Waals surface area contributed by atoms with Crippen molar-refractivity contribution in [1.82, 2.24) is 15.1 Å². The molecule has 8 nitrogen and oxygen atoms in total. The molecule has 0 atom stereocenters. The maximum atomic E-state index is 12.2. The minimum atomic E-state index is -1.11. The van der Waals surface area contributed by atoms with E-state index in [1.54, 1.807) is 16.8 Å². The van der Waals surface area contributed by atoms with Crippen LogP contribution in [0.3, 0.4) is 0 Å². The highest BCUT2D eigenvalue weighted by Gasteiger charge is 2.14. The van der Waals surface area contributed by atoms with E-state index in [4.69, 9.17) is 5.11 Å². The molecule has 0 radical (unpaired) electrons. The third-order valence-electron chi connectivity index (χ3n) is 3.83. The Hall–Kier alpha value is -3.16. The summed E-state index contributed by atoms with van der Waals surface area (Å²) in [7, 11) is 1.83. The monoisotopic (exact) mass is 344 g/mol. The number of rotatable bonds is 6. The van der Waals surface area contributed by atoms with E-state index in [0.29, 0.717) is 11.3 Å². The third kappa shape index (κ3) is 4.66. The average Bonchev–Trinajstić information content (AvgIpc) is 2.79. The van der Waals surface area contributed by atoms with E-state index in [1.165, 1.54) is 12.1 Å². The van der Waals surface area contributed by atoms with Gasteiger partial charge in [0.25, 0.3) is 5.91 Å². The summed E-state index contributed by atoms with van der Waals surface area (Å²) in [4.78, 5) is 34.4. The van der Waals surface area contributed by atoms with Gasteiger partial charge in [0.2, 0.25) is 5.91 Å². The summed E-state index contributed by atoms with van der Waals surface area (Å²) in [6.45, 7) is 3.33. The molecule has 0 saturated heterocycles. The Morgan fingerprint density at radius 2 is 1.80 bits per heavy atom. The Labute approximate surface area is 144 Å². The van der Waals surface area contributed by atoms with Gasteiger partial charge in [0.05, 0.1) is 12.1 Å². The molecule has 0 unspecified atom stereocenters. The Morgan fingerprint density at radius 1 is 1.16 bits per heavy atom. The van der Waals surface area contributed by atoms with Crippen LogP contribution >= 0.6 is 0 Å². The fourth-order valence-electron chi connectivity index (χ4n) is 2.40. The highest BCUT2D eigenvalue weighted by molar-refractivity contribution is 5.97. The summed E-state index contributed by atoms with van der Waals surface area (Å²) in [6.07, 6.45) is 0.215. The maximum Gasteiger partial charge on any atom is 0.322 e. The van der Waals surface area contributed by atoms with Gasteiger partial charge in [-0.05, 0) is 38.1 Å². The molecule has 8 heteroatoms. The van der Waals surface area contributed by atoms with Gasteiger partial charge in [-0.1, -0.05) is 0 Å². The quantitative estimate of drug-likeness (QED) is 0.724. The van der Waals surface area contributed by atoms with Crippen LogP contribution in [0.5, 0.6) is 0 Å². The van der Waals surface area contributed by atoms with E-state index in [-0.39, 0.29) is 12.3 Å². The Balaban J connectivity index is 1.97. The lowest BCUT2D eigenvalue weighted by atomic mass is 10.1. The predicted molar refractivity (Wildman–Crippen MR) is 91.4 cm³/mol. The van der Waals surface area contributed by atoms with Crippen molar-refractivity contribution in [2.45, 2.75) is 20.3 Å². The first-order valence-corrected chi connectivity index (χ1v) is 7.67. The fraction of sp³-hybridized carbons (Fsp3) is 0.294. The van der Waals surface area contributed by atoms with Crippen LogP contribution in [0.2, 0.25) is 0 Å². The second-order valence-electron chi connectivity index (χ2n) is 5.65. The van der Waals surface area contributed by atoms with Gasteiger partial charge in [-0.15, -0.1) is 0 Å². The number of aryl methyl sites for hydroxylation is 2. The molecule has 0 aliphatic rings. The molecule has 0 aliphatic carbocycles. The number of aromatic nitrogens is 2. The van der Waals surface area contributed by atoms with Gasteiger partial charge in [0.15, 0.2) is 0 Å². The Morgan fingerprint density at radius 3 is 2.32 bits per heavy atom. The highest BCUT2D eigenvalue weighted by Crippen LogP contribution is 2.15. The molecule has 0 spiro atoms. The first kappa shape index (κ1) is 18.2. The molecule has 1 heterocycles. The lowest BCUT2D eigenvalue weighted by Crippen LogP contribution is -2.29. The van der Waals surface area contributed by atoms with Crippen LogP contribution in [0, 0.1) is 13.8 Å². The van der Waals surface area contributed by atoms with Crippen LogP contribution < -0.4 is 10.6 Å². The molecule has 2 aromatic rings. The van der Waals surface area contributed by atoms with Gasteiger partial charge in [-0.3, -0.25) is 19.1 Å². The van der Waals surface area contributed by atoms with E-state index in [2.05, 4.69) is 15.7 Å². The zero-order valence-electron chi connectivity index (χ0n) is 14.3. The number of anilines is 1. The largest absolute Gasteiger partial charge is 0.480 e. The number of aliphatic carboxylic acids is 1. The number of carbonyl (C=O) groups excluding carboxylic acids is 2. The number of nitrogens with zero attached hydrogens (tertiary/aromatic N) is 2. The van der Waals surface area contributed by atoms with Crippen molar-refractivity contribution in [3.05, 3.63) is 46.8 Å². The summed E-state index contributed by atoms with van der Waals surface area (Å²) >= 11 is 0. The number of carboxylic acids is 1. The van der Waals surface area contributed by atoms with Crippen LogP contribution in [0.25, 0.3) is 0 Å². The molecule has 132 valence electrons. The van der Waals surface area contributed by atoms with Gasteiger partial charge < -0.3 is 15.7 Å². The molecular formula is C17H20N4O4. The van der Waals surface area contributed by atoms with E-state index >= 15 is 0 Å². The van der Waals surface area contributed by atoms with Crippen molar-refractivity contribution in [1.29, 1.82) is 0 Å². The van der Waals surface area contributed by atoms with E-state index < -0.39 is 18.4 Å². The second kappa shape index (κ2) is 7.61. The van der Waals surface area contributed by atoms with E-state index in [1.807, 2.05) is 20.9 Å². The lowest BCUT2D eigenvalue weighted by molar-refractivity contribution is -0.135. The first-order valence-electron chi connectivity index (χ1n) is 7.67. The standard InChI is InChI=1S/C17H20N4O4/c1-10-14(11(2)21(3)20-10)8-15(22)19-13-6-4-12(5-7-13)17(25)18-9-16(23)24/h4-7H,8-9H2,1-3H3,(H,18,25)(H,19,22)(H,23,24). The smallest absolute Gasteiger partial charge is 0.322 e. The summed E-state index contributed by atoms with van der Waals surface area (Å²) < 4.78 is 1.74. The number of hydrogen-bond acceptors (Lipinski definition) is 4. The van der Waals surface area contributed by atoms with Gasteiger partial charge in [0.1, 0.15) is 6.54 Å².